The first-order chi connectivity index (χ1) is 15.4. The molecule has 1 unspecified atom stereocenters. The molecule has 0 spiro atoms. The summed E-state index contributed by atoms with van der Waals surface area (Å²) in [7, 11) is 3.97. The molecule has 0 saturated carbocycles. The number of aryl methyl sites for hydroxylation is 2. The van der Waals surface area contributed by atoms with Crippen molar-refractivity contribution in [2.75, 3.05) is 27.2 Å². The lowest BCUT2D eigenvalue weighted by Gasteiger charge is -2.27. The van der Waals surface area contributed by atoms with Crippen molar-refractivity contribution in [3.63, 3.8) is 0 Å². The molecule has 176 valence electrons. The highest BCUT2D eigenvalue weighted by Crippen LogP contribution is 2.40. The standard InChI is InChI=1S/C28H36N2O3/c1-18-9-10-19(2)22(17-18)25(31)23-24(20-11-13-21(14-12-20)28(3,4)5)30(27(33)26(23)32)16-8-15-29(6)7/h9-14,17,24,31H,8,15-16H2,1-7H3. The molecule has 1 amide bonds. The summed E-state index contributed by atoms with van der Waals surface area (Å²) in [5.41, 5.74) is 4.60. The SMILES string of the molecule is Cc1ccc(C)c(C(O)=C2C(=O)C(=O)N(CCCN(C)C)C2c2ccc(C(C)(C)C)cc2)c1. The van der Waals surface area contributed by atoms with Crippen molar-refractivity contribution in [1.29, 1.82) is 0 Å². The number of Topliss-reactive ketones (excluding diaryl/α,β-unsaturated/α-hetero) is 1. The summed E-state index contributed by atoms with van der Waals surface area (Å²) in [6.07, 6.45) is 0.736. The molecular formula is C28H36N2O3. The zero-order chi connectivity index (χ0) is 24.5. The number of aliphatic hydroxyl groups is 1. The number of aliphatic hydroxyl groups excluding tert-OH is 1. The molecule has 1 heterocycles. The van der Waals surface area contributed by atoms with Crippen LogP contribution in [-0.4, -0.2) is 53.8 Å². The summed E-state index contributed by atoms with van der Waals surface area (Å²) < 4.78 is 0. The van der Waals surface area contributed by atoms with E-state index in [1.165, 1.54) is 5.56 Å². The van der Waals surface area contributed by atoms with E-state index in [-0.39, 0.29) is 16.7 Å². The highest BCUT2D eigenvalue weighted by molar-refractivity contribution is 6.46. The summed E-state index contributed by atoms with van der Waals surface area (Å²) in [6.45, 7) is 11.5. The van der Waals surface area contributed by atoms with Crippen molar-refractivity contribution in [2.24, 2.45) is 0 Å². The Morgan fingerprint density at radius 2 is 1.67 bits per heavy atom. The molecule has 2 aromatic carbocycles. The first kappa shape index (κ1) is 24.7. The molecule has 1 aliphatic heterocycles. The third kappa shape index (κ3) is 5.19. The molecule has 0 radical (unpaired) electrons. The number of likely N-dealkylation sites (tertiary alicyclic amines) is 1. The van der Waals surface area contributed by atoms with Gasteiger partial charge in [0.25, 0.3) is 11.7 Å². The molecule has 1 atom stereocenters. The van der Waals surface area contributed by atoms with E-state index >= 15 is 0 Å². The second-order valence-corrected chi connectivity index (χ2v) is 10.3. The summed E-state index contributed by atoms with van der Waals surface area (Å²) in [5.74, 6) is -1.27. The summed E-state index contributed by atoms with van der Waals surface area (Å²) in [5, 5.41) is 11.3. The van der Waals surface area contributed by atoms with Crippen LogP contribution in [0.25, 0.3) is 5.76 Å². The molecule has 1 fully saturated rings. The lowest BCUT2D eigenvalue weighted by atomic mass is 9.85. The molecule has 0 aromatic heterocycles. The van der Waals surface area contributed by atoms with Gasteiger partial charge in [-0.25, -0.2) is 0 Å². The fourth-order valence-electron chi connectivity index (χ4n) is 4.32. The van der Waals surface area contributed by atoms with Gasteiger partial charge >= 0.3 is 0 Å². The van der Waals surface area contributed by atoms with Crippen LogP contribution in [0.4, 0.5) is 0 Å². The van der Waals surface area contributed by atoms with E-state index in [0.29, 0.717) is 12.1 Å². The van der Waals surface area contributed by atoms with Crippen LogP contribution in [0.15, 0.2) is 48.0 Å². The number of ketones is 1. The maximum Gasteiger partial charge on any atom is 0.295 e. The van der Waals surface area contributed by atoms with Gasteiger partial charge in [-0.15, -0.1) is 0 Å². The molecule has 33 heavy (non-hydrogen) atoms. The molecule has 5 nitrogen and oxygen atoms in total. The summed E-state index contributed by atoms with van der Waals surface area (Å²) in [6, 6.07) is 13.2. The minimum absolute atomic E-state index is 0.00920. The van der Waals surface area contributed by atoms with Crippen LogP contribution in [0.2, 0.25) is 0 Å². The van der Waals surface area contributed by atoms with Gasteiger partial charge in [0.15, 0.2) is 0 Å². The van der Waals surface area contributed by atoms with Crippen LogP contribution in [-0.2, 0) is 15.0 Å². The maximum atomic E-state index is 13.2. The van der Waals surface area contributed by atoms with Crippen molar-refractivity contribution in [3.8, 4) is 0 Å². The van der Waals surface area contributed by atoms with Crippen LogP contribution in [0.5, 0.6) is 0 Å². The molecule has 2 aromatic rings. The van der Waals surface area contributed by atoms with Gasteiger partial charge in [-0.3, -0.25) is 9.59 Å². The first-order valence-corrected chi connectivity index (χ1v) is 11.5. The Kier molecular flexibility index (Phi) is 7.13. The topological polar surface area (TPSA) is 60.9 Å². The van der Waals surface area contributed by atoms with Crippen LogP contribution < -0.4 is 0 Å². The Morgan fingerprint density at radius 1 is 1.03 bits per heavy atom. The fourth-order valence-corrected chi connectivity index (χ4v) is 4.32. The molecular weight excluding hydrogens is 412 g/mol. The van der Waals surface area contributed by atoms with Crippen molar-refractivity contribution in [1.82, 2.24) is 9.80 Å². The second kappa shape index (κ2) is 9.52. The smallest absolute Gasteiger partial charge is 0.295 e. The van der Waals surface area contributed by atoms with Crippen molar-refractivity contribution in [2.45, 2.75) is 52.5 Å². The van der Waals surface area contributed by atoms with E-state index < -0.39 is 17.7 Å². The molecule has 0 aliphatic carbocycles. The van der Waals surface area contributed by atoms with Gasteiger partial charge in [-0.1, -0.05) is 62.7 Å². The highest BCUT2D eigenvalue weighted by atomic mass is 16.3. The zero-order valence-electron chi connectivity index (χ0n) is 20.9. The quantitative estimate of drug-likeness (QED) is 0.385. The Labute approximate surface area is 197 Å². The fraction of sp³-hybridized carbons (Fsp3) is 0.429. The van der Waals surface area contributed by atoms with Gasteiger partial charge in [0.2, 0.25) is 0 Å². The number of nitrogens with zero attached hydrogens (tertiary/aromatic N) is 2. The lowest BCUT2D eigenvalue weighted by Crippen LogP contribution is -2.32. The van der Waals surface area contributed by atoms with Gasteiger partial charge in [-0.2, -0.15) is 0 Å². The molecule has 1 aliphatic rings. The number of carbonyl (C=O) groups excluding carboxylic acids is 2. The van der Waals surface area contributed by atoms with Crippen LogP contribution in [0, 0.1) is 13.8 Å². The third-order valence-electron chi connectivity index (χ3n) is 6.28. The van der Waals surface area contributed by atoms with Gasteiger partial charge in [0.1, 0.15) is 5.76 Å². The van der Waals surface area contributed by atoms with Gasteiger partial charge in [0.05, 0.1) is 11.6 Å². The van der Waals surface area contributed by atoms with Crippen molar-refractivity contribution in [3.05, 3.63) is 75.9 Å². The number of rotatable bonds is 6. The molecule has 5 heteroatoms. The van der Waals surface area contributed by atoms with E-state index in [1.807, 2.05) is 70.4 Å². The average Bonchev–Trinajstić information content (AvgIpc) is 2.99. The minimum atomic E-state index is -0.622. The minimum Gasteiger partial charge on any atom is -0.507 e. The predicted molar refractivity (Wildman–Crippen MR) is 133 cm³/mol. The van der Waals surface area contributed by atoms with Crippen LogP contribution >= 0.6 is 0 Å². The number of hydrogen-bond donors (Lipinski definition) is 1. The summed E-state index contributed by atoms with van der Waals surface area (Å²) in [4.78, 5) is 30.0. The van der Waals surface area contributed by atoms with E-state index in [1.54, 1.807) is 4.90 Å². The lowest BCUT2D eigenvalue weighted by molar-refractivity contribution is -0.139. The maximum absolute atomic E-state index is 13.2. The van der Waals surface area contributed by atoms with E-state index in [2.05, 4.69) is 25.7 Å². The van der Waals surface area contributed by atoms with E-state index in [4.69, 9.17) is 0 Å². The van der Waals surface area contributed by atoms with Gasteiger partial charge < -0.3 is 14.9 Å². The van der Waals surface area contributed by atoms with Crippen LogP contribution in [0.1, 0.15) is 61.1 Å². The number of hydrogen-bond acceptors (Lipinski definition) is 4. The van der Waals surface area contributed by atoms with E-state index in [0.717, 1.165) is 29.7 Å². The van der Waals surface area contributed by atoms with Crippen molar-refractivity contribution < 1.29 is 14.7 Å². The Bertz CT molecular complexity index is 1080. The number of amides is 1. The Morgan fingerprint density at radius 3 is 2.24 bits per heavy atom. The van der Waals surface area contributed by atoms with Gasteiger partial charge in [0, 0.05) is 12.1 Å². The average molecular weight is 449 g/mol. The third-order valence-corrected chi connectivity index (χ3v) is 6.28. The van der Waals surface area contributed by atoms with Gasteiger partial charge in [-0.05, 0) is 69.1 Å². The normalized spacial score (nSPS) is 18.4. The zero-order valence-corrected chi connectivity index (χ0v) is 20.9. The second-order valence-electron chi connectivity index (χ2n) is 10.3. The largest absolute Gasteiger partial charge is 0.507 e. The number of carbonyl (C=O) groups is 2. The number of benzene rings is 2. The van der Waals surface area contributed by atoms with E-state index in [9.17, 15) is 14.7 Å². The molecule has 0 bridgehead atoms. The molecule has 1 saturated heterocycles. The monoisotopic (exact) mass is 448 g/mol. The Hall–Kier alpha value is -2.92. The Balaban J connectivity index is 2.14. The molecule has 3 rings (SSSR count). The first-order valence-electron chi connectivity index (χ1n) is 11.5. The van der Waals surface area contributed by atoms with Crippen molar-refractivity contribution >= 4 is 17.4 Å². The highest BCUT2D eigenvalue weighted by Gasteiger charge is 2.46. The van der Waals surface area contributed by atoms with Crippen LogP contribution in [0.3, 0.4) is 0 Å². The predicted octanol–water partition coefficient (Wildman–Crippen LogP) is 4.97. The molecule has 1 N–H and O–H groups in total. The summed E-state index contributed by atoms with van der Waals surface area (Å²) >= 11 is 0.